The minimum absolute atomic E-state index is 0.171. The normalized spacial score (nSPS) is 10.9. The van der Waals surface area contributed by atoms with Crippen LogP contribution in [0, 0.1) is 6.92 Å². The first kappa shape index (κ1) is 11.2. The molecule has 14 heavy (non-hydrogen) atoms. The number of aliphatic carboxylic acids is 1. The van der Waals surface area contributed by atoms with E-state index in [2.05, 4.69) is 18.8 Å². The van der Waals surface area contributed by atoms with Crippen molar-refractivity contribution in [2.24, 2.45) is 0 Å². The molecule has 0 aliphatic carbocycles. The van der Waals surface area contributed by atoms with Gasteiger partial charge in [0.2, 0.25) is 0 Å². The Labute approximate surface area is 87.8 Å². The molecule has 0 spiro atoms. The Kier molecular flexibility index (Phi) is 3.63. The second-order valence-corrected chi connectivity index (χ2v) is 4.72. The molecule has 0 aliphatic heterocycles. The van der Waals surface area contributed by atoms with Crippen LogP contribution < -0.4 is 0 Å². The van der Waals surface area contributed by atoms with E-state index in [1.165, 1.54) is 4.88 Å². The zero-order chi connectivity index (χ0) is 10.7. The van der Waals surface area contributed by atoms with Crippen LogP contribution in [0.2, 0.25) is 0 Å². The summed E-state index contributed by atoms with van der Waals surface area (Å²) in [5.41, 5.74) is 1.05. The fourth-order valence-corrected chi connectivity index (χ4v) is 2.39. The number of hydrogen-bond donors (Lipinski definition) is 1. The molecular weight excluding hydrogens is 198 g/mol. The molecule has 0 saturated heterocycles. The van der Waals surface area contributed by atoms with E-state index >= 15 is 0 Å². The lowest BCUT2D eigenvalue weighted by Gasteiger charge is -1.99. The Morgan fingerprint density at radius 1 is 1.57 bits per heavy atom. The van der Waals surface area contributed by atoms with Crippen LogP contribution in [0.3, 0.4) is 0 Å². The first-order chi connectivity index (χ1) is 6.50. The van der Waals surface area contributed by atoms with Gasteiger partial charge in [0.15, 0.2) is 0 Å². The SMILES string of the molecule is Cc1nc(CCC(=O)O)sc1C(C)C. The number of carboxylic acids is 1. The van der Waals surface area contributed by atoms with E-state index < -0.39 is 5.97 Å². The lowest BCUT2D eigenvalue weighted by Crippen LogP contribution is -1.96. The molecule has 0 aliphatic rings. The Bertz CT molecular complexity index is 331. The summed E-state index contributed by atoms with van der Waals surface area (Å²) in [6.45, 7) is 6.24. The second kappa shape index (κ2) is 4.55. The van der Waals surface area contributed by atoms with Crippen LogP contribution in [0.4, 0.5) is 0 Å². The number of nitrogens with zero attached hydrogens (tertiary/aromatic N) is 1. The van der Waals surface area contributed by atoms with Gasteiger partial charge < -0.3 is 5.11 Å². The molecule has 0 bridgehead atoms. The quantitative estimate of drug-likeness (QED) is 0.836. The molecule has 0 amide bonds. The van der Waals surface area contributed by atoms with Crippen molar-refractivity contribution in [3.63, 3.8) is 0 Å². The van der Waals surface area contributed by atoms with Crippen LogP contribution in [0.25, 0.3) is 0 Å². The van der Waals surface area contributed by atoms with Gasteiger partial charge in [0, 0.05) is 11.3 Å². The van der Waals surface area contributed by atoms with E-state index in [9.17, 15) is 4.79 Å². The van der Waals surface area contributed by atoms with E-state index in [0.29, 0.717) is 12.3 Å². The van der Waals surface area contributed by atoms with Gasteiger partial charge in [-0.2, -0.15) is 0 Å². The minimum atomic E-state index is -0.760. The number of aromatic nitrogens is 1. The molecule has 0 saturated carbocycles. The molecule has 0 atom stereocenters. The average molecular weight is 213 g/mol. The first-order valence-electron chi connectivity index (χ1n) is 4.68. The van der Waals surface area contributed by atoms with Crippen LogP contribution in [-0.2, 0) is 11.2 Å². The van der Waals surface area contributed by atoms with E-state index in [1.807, 2.05) is 6.92 Å². The molecule has 4 heteroatoms. The summed E-state index contributed by atoms with van der Waals surface area (Å²) >= 11 is 1.64. The summed E-state index contributed by atoms with van der Waals surface area (Å²) in [7, 11) is 0. The Morgan fingerprint density at radius 2 is 2.21 bits per heavy atom. The maximum Gasteiger partial charge on any atom is 0.303 e. The summed E-state index contributed by atoms with van der Waals surface area (Å²) < 4.78 is 0. The van der Waals surface area contributed by atoms with Crippen molar-refractivity contribution in [1.82, 2.24) is 4.98 Å². The molecule has 1 aromatic heterocycles. The summed E-state index contributed by atoms with van der Waals surface area (Å²) in [6, 6.07) is 0. The molecule has 3 nitrogen and oxygen atoms in total. The van der Waals surface area contributed by atoms with Crippen LogP contribution >= 0.6 is 11.3 Å². The van der Waals surface area contributed by atoms with Gasteiger partial charge in [0.1, 0.15) is 0 Å². The molecule has 78 valence electrons. The topological polar surface area (TPSA) is 50.2 Å². The minimum Gasteiger partial charge on any atom is -0.481 e. The highest BCUT2D eigenvalue weighted by Crippen LogP contribution is 2.26. The molecule has 1 aromatic rings. The zero-order valence-electron chi connectivity index (χ0n) is 8.70. The number of rotatable bonds is 4. The van der Waals surface area contributed by atoms with Gasteiger partial charge in [-0.1, -0.05) is 13.8 Å². The predicted octanol–water partition coefficient (Wildman–Crippen LogP) is 2.59. The van der Waals surface area contributed by atoms with Gasteiger partial charge in [-0.05, 0) is 12.8 Å². The van der Waals surface area contributed by atoms with Crippen LogP contribution in [0.5, 0.6) is 0 Å². The van der Waals surface area contributed by atoms with Crippen molar-refractivity contribution in [3.8, 4) is 0 Å². The van der Waals surface area contributed by atoms with Crippen molar-refractivity contribution < 1.29 is 9.90 Å². The molecule has 0 radical (unpaired) electrons. The summed E-state index contributed by atoms with van der Waals surface area (Å²) in [5.74, 6) is -0.282. The highest BCUT2D eigenvalue weighted by Gasteiger charge is 2.11. The predicted molar refractivity (Wildman–Crippen MR) is 56.9 cm³/mol. The van der Waals surface area contributed by atoms with Crippen LogP contribution in [0.1, 0.15) is 41.8 Å². The third-order valence-electron chi connectivity index (χ3n) is 1.95. The van der Waals surface area contributed by atoms with Crippen LogP contribution in [0.15, 0.2) is 0 Å². The van der Waals surface area contributed by atoms with Gasteiger partial charge >= 0.3 is 5.97 Å². The number of aryl methyl sites for hydroxylation is 2. The van der Waals surface area contributed by atoms with Crippen molar-refractivity contribution in [1.29, 1.82) is 0 Å². The van der Waals surface area contributed by atoms with Gasteiger partial charge in [-0.25, -0.2) is 4.98 Å². The molecule has 1 rings (SSSR count). The highest BCUT2D eigenvalue weighted by molar-refractivity contribution is 7.11. The van der Waals surface area contributed by atoms with E-state index in [1.54, 1.807) is 11.3 Å². The summed E-state index contributed by atoms with van der Waals surface area (Å²) in [4.78, 5) is 16.0. The van der Waals surface area contributed by atoms with Gasteiger partial charge in [-0.3, -0.25) is 4.79 Å². The molecule has 1 heterocycles. The highest BCUT2D eigenvalue weighted by atomic mass is 32.1. The third-order valence-corrected chi connectivity index (χ3v) is 3.47. The number of carbonyl (C=O) groups is 1. The maximum atomic E-state index is 10.4. The molecule has 1 N–H and O–H groups in total. The standard InChI is InChI=1S/C10H15NO2S/c1-6(2)10-7(3)11-8(14-10)4-5-9(12)13/h6H,4-5H2,1-3H3,(H,12,13). The molecule has 0 aromatic carbocycles. The van der Waals surface area contributed by atoms with Crippen molar-refractivity contribution in [2.75, 3.05) is 0 Å². The fraction of sp³-hybridized carbons (Fsp3) is 0.600. The van der Waals surface area contributed by atoms with Gasteiger partial charge in [0.05, 0.1) is 17.1 Å². The number of carboxylic acid groups (broad SMARTS) is 1. The van der Waals surface area contributed by atoms with Crippen molar-refractivity contribution in [3.05, 3.63) is 15.6 Å². The fourth-order valence-electron chi connectivity index (χ4n) is 1.32. The summed E-state index contributed by atoms with van der Waals surface area (Å²) in [5, 5.41) is 9.48. The average Bonchev–Trinajstić information content (AvgIpc) is 2.43. The Hall–Kier alpha value is -0.900. The maximum absolute atomic E-state index is 10.4. The second-order valence-electron chi connectivity index (χ2n) is 3.61. The first-order valence-corrected chi connectivity index (χ1v) is 5.50. The Balaban J connectivity index is 2.71. The van der Waals surface area contributed by atoms with Gasteiger partial charge in [-0.15, -0.1) is 11.3 Å². The largest absolute Gasteiger partial charge is 0.481 e. The van der Waals surface area contributed by atoms with E-state index in [0.717, 1.165) is 10.7 Å². The lowest BCUT2D eigenvalue weighted by molar-refractivity contribution is -0.136. The molecule has 0 unspecified atom stereocenters. The van der Waals surface area contributed by atoms with Crippen LogP contribution in [-0.4, -0.2) is 16.1 Å². The Morgan fingerprint density at radius 3 is 2.64 bits per heavy atom. The molecular formula is C10H15NO2S. The third kappa shape index (κ3) is 2.80. The van der Waals surface area contributed by atoms with E-state index in [-0.39, 0.29) is 6.42 Å². The number of thiazole rings is 1. The van der Waals surface area contributed by atoms with E-state index in [4.69, 9.17) is 5.11 Å². The zero-order valence-corrected chi connectivity index (χ0v) is 9.52. The number of hydrogen-bond acceptors (Lipinski definition) is 3. The smallest absolute Gasteiger partial charge is 0.303 e. The van der Waals surface area contributed by atoms with Crippen molar-refractivity contribution >= 4 is 17.3 Å². The monoisotopic (exact) mass is 213 g/mol. The summed E-state index contributed by atoms with van der Waals surface area (Å²) in [6.07, 6.45) is 0.720. The molecule has 0 fully saturated rings. The lowest BCUT2D eigenvalue weighted by atomic mass is 10.1. The van der Waals surface area contributed by atoms with Crippen molar-refractivity contribution in [2.45, 2.75) is 39.5 Å². The van der Waals surface area contributed by atoms with Gasteiger partial charge in [0.25, 0.3) is 0 Å².